The highest BCUT2D eigenvalue weighted by atomic mass is 19.4. The van der Waals surface area contributed by atoms with Gasteiger partial charge in [0, 0.05) is 25.0 Å². The Morgan fingerprint density at radius 2 is 2.05 bits per heavy atom. The minimum Gasteiger partial charge on any atom is -0.395 e. The van der Waals surface area contributed by atoms with Crippen LogP contribution < -0.4 is 0 Å². The first kappa shape index (κ1) is 16.5. The predicted molar refractivity (Wildman–Crippen MR) is 70.0 cm³/mol. The molecule has 0 unspecified atom stereocenters. The molecular formula is C15H17F3O2. The van der Waals surface area contributed by atoms with Crippen molar-refractivity contribution in [2.75, 3.05) is 13.2 Å². The van der Waals surface area contributed by atoms with Crippen molar-refractivity contribution in [3.8, 4) is 11.8 Å². The molecular weight excluding hydrogens is 269 g/mol. The lowest BCUT2D eigenvalue weighted by atomic mass is 10.1. The van der Waals surface area contributed by atoms with Gasteiger partial charge >= 0.3 is 6.18 Å². The summed E-state index contributed by atoms with van der Waals surface area (Å²) in [5.74, 6) is 5.70. The zero-order chi connectivity index (χ0) is 14.8. The summed E-state index contributed by atoms with van der Waals surface area (Å²) in [6, 6.07) is 7.31. The van der Waals surface area contributed by atoms with Gasteiger partial charge in [-0.15, -0.1) is 0 Å². The Kier molecular flexibility index (Phi) is 7.13. The van der Waals surface area contributed by atoms with Gasteiger partial charge in [0.2, 0.25) is 0 Å². The SMILES string of the molecule is OCCC#Cc1cccc(COCCCC(F)(F)F)c1. The number of rotatable bonds is 6. The molecule has 5 heteroatoms. The van der Waals surface area contributed by atoms with Gasteiger partial charge in [0.1, 0.15) is 0 Å². The van der Waals surface area contributed by atoms with E-state index in [0.717, 1.165) is 11.1 Å². The van der Waals surface area contributed by atoms with Crippen LogP contribution in [0.15, 0.2) is 24.3 Å². The van der Waals surface area contributed by atoms with E-state index in [1.165, 1.54) is 0 Å². The average Bonchev–Trinajstić information content (AvgIpc) is 2.38. The van der Waals surface area contributed by atoms with E-state index >= 15 is 0 Å². The molecule has 1 aromatic carbocycles. The summed E-state index contributed by atoms with van der Waals surface area (Å²) in [6.45, 7) is 0.377. The molecule has 0 spiro atoms. The molecule has 0 fully saturated rings. The van der Waals surface area contributed by atoms with Crippen molar-refractivity contribution in [1.82, 2.24) is 0 Å². The van der Waals surface area contributed by atoms with Crippen LogP contribution >= 0.6 is 0 Å². The van der Waals surface area contributed by atoms with Crippen molar-refractivity contribution in [3.05, 3.63) is 35.4 Å². The molecule has 1 rings (SSSR count). The van der Waals surface area contributed by atoms with Crippen LogP contribution in [-0.2, 0) is 11.3 Å². The molecule has 0 aliphatic rings. The number of aliphatic hydroxyl groups is 1. The summed E-state index contributed by atoms with van der Waals surface area (Å²) in [6.07, 6.45) is -4.55. The van der Waals surface area contributed by atoms with E-state index in [1.54, 1.807) is 0 Å². The number of alkyl halides is 3. The van der Waals surface area contributed by atoms with Crippen LogP contribution in [0.4, 0.5) is 13.2 Å². The monoisotopic (exact) mass is 286 g/mol. The van der Waals surface area contributed by atoms with E-state index < -0.39 is 12.6 Å². The Morgan fingerprint density at radius 1 is 1.25 bits per heavy atom. The van der Waals surface area contributed by atoms with Gasteiger partial charge in [0.15, 0.2) is 0 Å². The Morgan fingerprint density at radius 3 is 2.75 bits per heavy atom. The lowest BCUT2D eigenvalue weighted by Crippen LogP contribution is -2.08. The molecule has 1 N–H and O–H groups in total. The number of hydrogen-bond acceptors (Lipinski definition) is 2. The first-order chi connectivity index (χ1) is 9.51. The van der Waals surface area contributed by atoms with Crippen molar-refractivity contribution < 1.29 is 23.0 Å². The quantitative estimate of drug-likeness (QED) is 0.642. The van der Waals surface area contributed by atoms with Crippen LogP contribution in [0.5, 0.6) is 0 Å². The summed E-state index contributed by atoms with van der Waals surface area (Å²) in [4.78, 5) is 0. The fourth-order valence-electron chi connectivity index (χ4n) is 1.52. The number of ether oxygens (including phenoxy) is 1. The van der Waals surface area contributed by atoms with E-state index in [2.05, 4.69) is 11.8 Å². The van der Waals surface area contributed by atoms with Crippen LogP contribution in [-0.4, -0.2) is 24.5 Å². The molecule has 0 bridgehead atoms. The van der Waals surface area contributed by atoms with Gasteiger partial charge in [-0.25, -0.2) is 0 Å². The Bertz CT molecular complexity index is 458. The number of benzene rings is 1. The van der Waals surface area contributed by atoms with Gasteiger partial charge in [0.05, 0.1) is 13.2 Å². The van der Waals surface area contributed by atoms with Crippen molar-refractivity contribution >= 4 is 0 Å². The van der Waals surface area contributed by atoms with Crippen molar-refractivity contribution in [2.45, 2.75) is 32.0 Å². The maximum absolute atomic E-state index is 11.9. The van der Waals surface area contributed by atoms with Gasteiger partial charge < -0.3 is 9.84 Å². The van der Waals surface area contributed by atoms with Crippen LogP contribution in [0.25, 0.3) is 0 Å². The highest BCUT2D eigenvalue weighted by molar-refractivity contribution is 5.36. The molecule has 0 radical (unpaired) electrons. The van der Waals surface area contributed by atoms with E-state index in [9.17, 15) is 13.2 Å². The van der Waals surface area contributed by atoms with Gasteiger partial charge in [-0.2, -0.15) is 13.2 Å². The van der Waals surface area contributed by atoms with Crippen molar-refractivity contribution in [3.63, 3.8) is 0 Å². The number of halogens is 3. The van der Waals surface area contributed by atoms with E-state index in [4.69, 9.17) is 9.84 Å². The first-order valence-electron chi connectivity index (χ1n) is 6.34. The minimum atomic E-state index is -4.12. The standard InChI is InChI=1S/C15H17F3O2/c16-15(17,18)8-4-10-20-12-14-7-3-6-13(11-14)5-1-2-9-19/h3,6-7,11,19H,2,4,8-10,12H2. The molecule has 0 saturated carbocycles. The lowest BCUT2D eigenvalue weighted by Gasteiger charge is -2.07. The summed E-state index contributed by atoms with van der Waals surface area (Å²) in [5, 5.41) is 8.62. The smallest absolute Gasteiger partial charge is 0.389 e. The Balaban J connectivity index is 2.34. The second kappa shape index (κ2) is 8.62. The Hall–Kier alpha value is -1.51. The zero-order valence-electron chi connectivity index (χ0n) is 11.0. The third kappa shape index (κ3) is 7.82. The fourth-order valence-corrected chi connectivity index (χ4v) is 1.52. The third-order valence-corrected chi connectivity index (χ3v) is 2.41. The van der Waals surface area contributed by atoms with Crippen molar-refractivity contribution in [2.24, 2.45) is 0 Å². The molecule has 1 aromatic rings. The van der Waals surface area contributed by atoms with Gasteiger partial charge in [-0.3, -0.25) is 0 Å². The third-order valence-electron chi connectivity index (χ3n) is 2.41. The van der Waals surface area contributed by atoms with Crippen LogP contribution in [0.3, 0.4) is 0 Å². The summed E-state index contributed by atoms with van der Waals surface area (Å²) in [7, 11) is 0. The van der Waals surface area contributed by atoms with Gasteiger partial charge in [-0.1, -0.05) is 24.0 Å². The van der Waals surface area contributed by atoms with E-state index in [1.807, 2.05) is 24.3 Å². The molecule has 0 aliphatic heterocycles. The van der Waals surface area contributed by atoms with Gasteiger partial charge in [0.25, 0.3) is 0 Å². The molecule has 0 amide bonds. The number of aliphatic hydroxyl groups excluding tert-OH is 1. The summed E-state index contributed by atoms with van der Waals surface area (Å²) < 4.78 is 41.0. The van der Waals surface area contributed by atoms with Crippen molar-refractivity contribution in [1.29, 1.82) is 0 Å². The largest absolute Gasteiger partial charge is 0.395 e. The summed E-state index contributed by atoms with van der Waals surface area (Å²) >= 11 is 0. The molecule has 0 atom stereocenters. The predicted octanol–water partition coefficient (Wildman–Crippen LogP) is 3.28. The normalized spacial score (nSPS) is 11.0. The maximum Gasteiger partial charge on any atom is 0.389 e. The highest BCUT2D eigenvalue weighted by Crippen LogP contribution is 2.21. The molecule has 0 aromatic heterocycles. The Labute approximate surface area is 116 Å². The van der Waals surface area contributed by atoms with Crippen LogP contribution in [0, 0.1) is 11.8 Å². The van der Waals surface area contributed by atoms with E-state index in [-0.39, 0.29) is 26.2 Å². The number of hydrogen-bond donors (Lipinski definition) is 1. The highest BCUT2D eigenvalue weighted by Gasteiger charge is 2.25. The average molecular weight is 286 g/mol. The molecule has 20 heavy (non-hydrogen) atoms. The zero-order valence-corrected chi connectivity index (χ0v) is 11.0. The molecule has 0 heterocycles. The molecule has 110 valence electrons. The topological polar surface area (TPSA) is 29.5 Å². The molecule has 0 aliphatic carbocycles. The summed E-state index contributed by atoms with van der Waals surface area (Å²) in [5.41, 5.74) is 1.67. The fraction of sp³-hybridized carbons (Fsp3) is 0.467. The second-order valence-corrected chi connectivity index (χ2v) is 4.25. The molecule has 0 saturated heterocycles. The second-order valence-electron chi connectivity index (χ2n) is 4.25. The maximum atomic E-state index is 11.9. The lowest BCUT2D eigenvalue weighted by molar-refractivity contribution is -0.138. The van der Waals surface area contributed by atoms with Crippen LogP contribution in [0.2, 0.25) is 0 Å². The van der Waals surface area contributed by atoms with E-state index in [0.29, 0.717) is 6.42 Å². The van der Waals surface area contributed by atoms with Gasteiger partial charge in [-0.05, 0) is 24.1 Å². The molecule has 2 nitrogen and oxygen atoms in total. The minimum absolute atomic E-state index is 0.0228. The van der Waals surface area contributed by atoms with Crippen LogP contribution in [0.1, 0.15) is 30.4 Å². The first-order valence-corrected chi connectivity index (χ1v) is 6.34.